The van der Waals surface area contributed by atoms with Crippen LogP contribution in [0.5, 0.6) is 0 Å². The van der Waals surface area contributed by atoms with Crippen LogP contribution in [0.3, 0.4) is 0 Å². The van der Waals surface area contributed by atoms with Gasteiger partial charge in [-0.2, -0.15) is 0 Å². The third-order valence-corrected chi connectivity index (χ3v) is 3.63. The molecule has 1 fully saturated rings. The van der Waals surface area contributed by atoms with Crippen LogP contribution in [0.15, 0.2) is 18.2 Å². The summed E-state index contributed by atoms with van der Waals surface area (Å²) < 4.78 is 17.9. The van der Waals surface area contributed by atoms with Gasteiger partial charge in [-0.3, -0.25) is 4.79 Å². The van der Waals surface area contributed by atoms with Gasteiger partial charge >= 0.3 is 5.97 Å². The van der Waals surface area contributed by atoms with Crippen LogP contribution in [0, 0.1) is 11.7 Å². The Bertz CT molecular complexity index is 548. The second kappa shape index (κ2) is 6.67. The summed E-state index contributed by atoms with van der Waals surface area (Å²) >= 11 is 0. The monoisotopic (exact) mass is 294 g/mol. The van der Waals surface area contributed by atoms with Gasteiger partial charge in [0.2, 0.25) is 5.91 Å². The van der Waals surface area contributed by atoms with E-state index in [2.05, 4.69) is 22.3 Å². The number of rotatable bonds is 3. The summed E-state index contributed by atoms with van der Waals surface area (Å²) in [6.07, 6.45) is 1.77. The lowest BCUT2D eigenvalue weighted by atomic mass is 9.94. The van der Waals surface area contributed by atoms with Crippen LogP contribution in [-0.4, -0.2) is 31.6 Å². The number of esters is 1. The maximum atomic E-state index is 13.3. The van der Waals surface area contributed by atoms with Gasteiger partial charge in [-0.25, -0.2) is 9.18 Å². The molecular weight excluding hydrogens is 275 g/mol. The van der Waals surface area contributed by atoms with Crippen LogP contribution < -0.4 is 10.6 Å². The van der Waals surface area contributed by atoms with Crippen molar-refractivity contribution in [3.05, 3.63) is 29.6 Å². The first-order valence-electron chi connectivity index (χ1n) is 6.93. The third kappa shape index (κ3) is 3.78. The zero-order valence-corrected chi connectivity index (χ0v) is 12.1. The van der Waals surface area contributed by atoms with Gasteiger partial charge in [-0.05, 0) is 43.5 Å². The summed E-state index contributed by atoms with van der Waals surface area (Å²) in [5.74, 6) is -0.999. The molecule has 0 saturated carbocycles. The average molecular weight is 294 g/mol. The largest absolute Gasteiger partial charge is 0.465 e. The number of benzene rings is 1. The minimum absolute atomic E-state index is 0.00899. The molecule has 1 heterocycles. The fraction of sp³-hybridized carbons (Fsp3) is 0.467. The summed E-state index contributed by atoms with van der Waals surface area (Å²) in [6.45, 7) is 2.88. The molecule has 114 valence electrons. The van der Waals surface area contributed by atoms with E-state index in [4.69, 9.17) is 0 Å². The highest BCUT2D eigenvalue weighted by atomic mass is 19.1. The van der Waals surface area contributed by atoms with Crippen molar-refractivity contribution in [2.45, 2.75) is 25.8 Å². The Labute approximate surface area is 122 Å². The second-order valence-corrected chi connectivity index (χ2v) is 5.31. The van der Waals surface area contributed by atoms with E-state index in [1.54, 1.807) is 0 Å². The third-order valence-electron chi connectivity index (χ3n) is 3.63. The number of anilines is 1. The molecule has 5 nitrogen and oxygen atoms in total. The SMILES string of the molecule is COC(=O)c1cc(F)ccc1NC(=O)C1CC(C)CCN1. The number of ether oxygens (including phenoxy) is 1. The number of carbonyl (C=O) groups excluding carboxylic acids is 2. The maximum Gasteiger partial charge on any atom is 0.340 e. The number of hydrogen-bond donors (Lipinski definition) is 2. The molecule has 1 aliphatic heterocycles. The van der Waals surface area contributed by atoms with Crippen molar-refractivity contribution < 1.29 is 18.7 Å². The van der Waals surface area contributed by atoms with Crippen molar-refractivity contribution in [1.82, 2.24) is 5.32 Å². The summed E-state index contributed by atoms with van der Waals surface area (Å²) in [6, 6.07) is 3.31. The fourth-order valence-corrected chi connectivity index (χ4v) is 2.43. The number of carbonyl (C=O) groups is 2. The van der Waals surface area contributed by atoms with E-state index in [1.807, 2.05) is 0 Å². The summed E-state index contributed by atoms with van der Waals surface area (Å²) in [4.78, 5) is 23.9. The molecule has 1 amide bonds. The van der Waals surface area contributed by atoms with E-state index < -0.39 is 11.8 Å². The van der Waals surface area contributed by atoms with Crippen molar-refractivity contribution in [2.75, 3.05) is 19.0 Å². The van der Waals surface area contributed by atoms with E-state index >= 15 is 0 Å². The van der Waals surface area contributed by atoms with Gasteiger partial charge in [0.15, 0.2) is 0 Å². The van der Waals surface area contributed by atoms with E-state index in [-0.39, 0.29) is 23.2 Å². The van der Waals surface area contributed by atoms with Crippen molar-refractivity contribution in [1.29, 1.82) is 0 Å². The molecule has 0 aromatic heterocycles. The smallest absolute Gasteiger partial charge is 0.340 e. The van der Waals surface area contributed by atoms with Gasteiger partial charge in [0.05, 0.1) is 24.4 Å². The summed E-state index contributed by atoms with van der Waals surface area (Å²) in [5.41, 5.74) is 0.267. The molecule has 0 spiro atoms. The molecular formula is C15H19FN2O3. The normalized spacial score (nSPS) is 21.7. The Kier molecular flexibility index (Phi) is 4.90. The van der Waals surface area contributed by atoms with Crippen LogP contribution >= 0.6 is 0 Å². The molecule has 1 saturated heterocycles. The lowest BCUT2D eigenvalue weighted by molar-refractivity contribution is -0.119. The van der Waals surface area contributed by atoms with Crippen LogP contribution in [0.4, 0.5) is 10.1 Å². The van der Waals surface area contributed by atoms with Crippen molar-refractivity contribution in [3.8, 4) is 0 Å². The second-order valence-electron chi connectivity index (χ2n) is 5.31. The molecule has 0 radical (unpaired) electrons. The summed E-state index contributed by atoms with van der Waals surface area (Å²) in [5, 5.41) is 5.82. The Hall–Kier alpha value is -1.95. The molecule has 1 aliphatic rings. The number of halogens is 1. The van der Waals surface area contributed by atoms with E-state index in [9.17, 15) is 14.0 Å². The van der Waals surface area contributed by atoms with Crippen molar-refractivity contribution >= 4 is 17.6 Å². The van der Waals surface area contributed by atoms with Crippen LogP contribution in [0.25, 0.3) is 0 Å². The zero-order chi connectivity index (χ0) is 15.4. The van der Waals surface area contributed by atoms with Gasteiger partial charge in [0.1, 0.15) is 5.82 Å². The van der Waals surface area contributed by atoms with Gasteiger partial charge < -0.3 is 15.4 Å². The van der Waals surface area contributed by atoms with E-state index in [1.165, 1.54) is 19.2 Å². The van der Waals surface area contributed by atoms with Crippen LogP contribution in [0.1, 0.15) is 30.1 Å². The molecule has 2 unspecified atom stereocenters. The number of piperidine rings is 1. The minimum Gasteiger partial charge on any atom is -0.465 e. The number of hydrogen-bond acceptors (Lipinski definition) is 4. The first-order chi connectivity index (χ1) is 10.0. The Balaban J connectivity index is 2.15. The first kappa shape index (κ1) is 15.4. The molecule has 2 N–H and O–H groups in total. The number of nitrogens with one attached hydrogen (secondary N) is 2. The lowest BCUT2D eigenvalue weighted by Crippen LogP contribution is -2.45. The van der Waals surface area contributed by atoms with Crippen molar-refractivity contribution in [2.24, 2.45) is 5.92 Å². The predicted octanol–water partition coefficient (Wildman–Crippen LogP) is 1.94. The minimum atomic E-state index is -0.685. The number of amides is 1. The Morgan fingerprint density at radius 2 is 2.19 bits per heavy atom. The van der Waals surface area contributed by atoms with Gasteiger partial charge in [-0.15, -0.1) is 0 Å². The predicted molar refractivity (Wildman–Crippen MR) is 76.6 cm³/mol. The topological polar surface area (TPSA) is 67.4 Å². The highest BCUT2D eigenvalue weighted by molar-refractivity contribution is 6.02. The standard InChI is InChI=1S/C15H19FN2O3/c1-9-5-6-17-13(7-9)14(19)18-12-4-3-10(16)8-11(12)15(20)21-2/h3-4,8-9,13,17H,5-7H2,1-2H3,(H,18,19). The lowest BCUT2D eigenvalue weighted by Gasteiger charge is -2.27. The van der Waals surface area contributed by atoms with Crippen LogP contribution in [-0.2, 0) is 9.53 Å². The van der Waals surface area contributed by atoms with E-state index in [0.717, 1.165) is 25.5 Å². The van der Waals surface area contributed by atoms with Gasteiger partial charge in [-0.1, -0.05) is 6.92 Å². The molecule has 21 heavy (non-hydrogen) atoms. The average Bonchev–Trinajstić information content (AvgIpc) is 2.48. The zero-order valence-electron chi connectivity index (χ0n) is 12.1. The quantitative estimate of drug-likeness (QED) is 0.836. The van der Waals surface area contributed by atoms with Gasteiger partial charge in [0.25, 0.3) is 0 Å². The molecule has 0 aliphatic carbocycles. The molecule has 1 aromatic rings. The first-order valence-corrected chi connectivity index (χ1v) is 6.93. The maximum absolute atomic E-state index is 13.3. The van der Waals surface area contributed by atoms with E-state index in [0.29, 0.717) is 5.92 Å². The Morgan fingerprint density at radius 3 is 2.86 bits per heavy atom. The highest BCUT2D eigenvalue weighted by Crippen LogP contribution is 2.20. The Morgan fingerprint density at radius 1 is 1.43 bits per heavy atom. The fourth-order valence-electron chi connectivity index (χ4n) is 2.43. The molecule has 0 bridgehead atoms. The molecule has 6 heteroatoms. The molecule has 2 rings (SSSR count). The van der Waals surface area contributed by atoms with Crippen molar-refractivity contribution in [3.63, 3.8) is 0 Å². The van der Waals surface area contributed by atoms with Crippen LogP contribution in [0.2, 0.25) is 0 Å². The molecule has 1 aromatic carbocycles. The number of methoxy groups -OCH3 is 1. The molecule has 2 atom stereocenters. The van der Waals surface area contributed by atoms with Gasteiger partial charge in [0, 0.05) is 0 Å². The highest BCUT2D eigenvalue weighted by Gasteiger charge is 2.25. The summed E-state index contributed by atoms with van der Waals surface area (Å²) in [7, 11) is 1.21.